The lowest BCUT2D eigenvalue weighted by Crippen LogP contribution is -2.46. The highest BCUT2D eigenvalue weighted by molar-refractivity contribution is 6.32. The molecule has 2 saturated heterocycles. The van der Waals surface area contributed by atoms with Crippen LogP contribution in [0.25, 0.3) is 0 Å². The maximum absolute atomic E-state index is 12.7. The molecular formula is C20H27ClN2O3. The van der Waals surface area contributed by atoms with Gasteiger partial charge in [-0.15, -0.1) is 0 Å². The molecule has 0 atom stereocenters. The zero-order chi connectivity index (χ0) is 17.9. The van der Waals surface area contributed by atoms with Gasteiger partial charge < -0.3 is 19.3 Å². The molecule has 3 aliphatic rings. The Morgan fingerprint density at radius 1 is 1.04 bits per heavy atom. The highest BCUT2D eigenvalue weighted by Crippen LogP contribution is 2.38. The summed E-state index contributed by atoms with van der Waals surface area (Å²) < 4.78 is 11.4. The van der Waals surface area contributed by atoms with Crippen molar-refractivity contribution in [1.82, 2.24) is 9.80 Å². The first-order valence-electron chi connectivity index (χ1n) is 9.80. The number of carbonyl (C=O) groups is 1. The summed E-state index contributed by atoms with van der Waals surface area (Å²) in [7, 11) is 0. The first-order chi connectivity index (χ1) is 12.7. The molecule has 0 saturated carbocycles. The number of amides is 1. The maximum Gasteiger partial charge on any atom is 0.226 e. The number of halogens is 1. The Kier molecular flexibility index (Phi) is 5.55. The van der Waals surface area contributed by atoms with Gasteiger partial charge in [0.05, 0.1) is 24.7 Å². The van der Waals surface area contributed by atoms with Crippen molar-refractivity contribution in [3.05, 3.63) is 22.7 Å². The molecule has 3 aliphatic heterocycles. The van der Waals surface area contributed by atoms with Crippen molar-refractivity contribution in [2.45, 2.75) is 44.6 Å². The third-order valence-electron chi connectivity index (χ3n) is 5.69. The average Bonchev–Trinajstić information content (AvgIpc) is 3.08. The average molecular weight is 379 g/mol. The van der Waals surface area contributed by atoms with Crippen molar-refractivity contribution in [3.8, 4) is 11.5 Å². The van der Waals surface area contributed by atoms with E-state index >= 15 is 0 Å². The number of hydrogen-bond donors (Lipinski definition) is 0. The van der Waals surface area contributed by atoms with Gasteiger partial charge in [-0.2, -0.15) is 0 Å². The molecule has 0 unspecified atom stereocenters. The van der Waals surface area contributed by atoms with Crippen LogP contribution in [-0.4, -0.2) is 61.1 Å². The monoisotopic (exact) mass is 378 g/mol. The molecule has 2 fully saturated rings. The van der Waals surface area contributed by atoms with Gasteiger partial charge >= 0.3 is 0 Å². The van der Waals surface area contributed by atoms with Crippen LogP contribution >= 0.6 is 11.6 Å². The van der Waals surface area contributed by atoms with Crippen LogP contribution < -0.4 is 9.47 Å². The topological polar surface area (TPSA) is 42.0 Å². The Hall–Kier alpha value is -1.46. The predicted molar refractivity (Wildman–Crippen MR) is 101 cm³/mol. The number of carbonyl (C=O) groups excluding carboxylic acids is 1. The SMILES string of the molecule is O=C(Cc1cc(Cl)c2c(c1)OCCCO2)N1CCC(N2CCCC2)CC1. The number of hydrogen-bond acceptors (Lipinski definition) is 4. The number of nitrogens with zero attached hydrogens (tertiary/aromatic N) is 2. The Bertz CT molecular complexity index is 653. The first kappa shape index (κ1) is 17.9. The Morgan fingerprint density at radius 2 is 1.77 bits per heavy atom. The molecule has 0 aromatic heterocycles. The molecule has 6 heteroatoms. The second-order valence-corrected chi connectivity index (χ2v) is 7.89. The standard InChI is InChI=1S/C20H27ClN2O3/c21-17-12-15(13-18-20(17)26-11-3-10-25-18)14-19(24)23-8-4-16(5-9-23)22-6-1-2-7-22/h12-13,16H,1-11,14H2. The minimum Gasteiger partial charge on any atom is -0.489 e. The lowest BCUT2D eigenvalue weighted by Gasteiger charge is -2.36. The number of fused-ring (bicyclic) bond motifs is 1. The largest absolute Gasteiger partial charge is 0.489 e. The fourth-order valence-electron chi connectivity index (χ4n) is 4.26. The van der Waals surface area contributed by atoms with Crippen LogP contribution in [-0.2, 0) is 11.2 Å². The van der Waals surface area contributed by atoms with Crippen molar-refractivity contribution in [2.75, 3.05) is 39.4 Å². The summed E-state index contributed by atoms with van der Waals surface area (Å²) in [5.74, 6) is 1.44. The Labute approximate surface area is 160 Å². The molecule has 26 heavy (non-hydrogen) atoms. The van der Waals surface area contributed by atoms with Crippen molar-refractivity contribution in [1.29, 1.82) is 0 Å². The highest BCUT2D eigenvalue weighted by Gasteiger charge is 2.28. The first-order valence-corrected chi connectivity index (χ1v) is 10.2. The molecule has 142 valence electrons. The molecule has 0 radical (unpaired) electrons. The molecule has 1 aromatic rings. The van der Waals surface area contributed by atoms with E-state index < -0.39 is 0 Å². The molecule has 1 amide bonds. The lowest BCUT2D eigenvalue weighted by atomic mass is 10.0. The minimum atomic E-state index is 0.176. The van der Waals surface area contributed by atoms with Crippen LogP contribution in [0.5, 0.6) is 11.5 Å². The van der Waals surface area contributed by atoms with Crippen molar-refractivity contribution >= 4 is 17.5 Å². The van der Waals surface area contributed by atoms with Crippen LogP contribution in [0.3, 0.4) is 0 Å². The van der Waals surface area contributed by atoms with Gasteiger partial charge in [-0.05, 0) is 56.5 Å². The molecule has 4 rings (SSSR count). The van der Waals surface area contributed by atoms with E-state index in [2.05, 4.69) is 4.90 Å². The lowest BCUT2D eigenvalue weighted by molar-refractivity contribution is -0.132. The predicted octanol–water partition coefficient (Wildman–Crippen LogP) is 3.13. The summed E-state index contributed by atoms with van der Waals surface area (Å²) in [5, 5.41) is 0.528. The quantitative estimate of drug-likeness (QED) is 0.810. The molecule has 0 aliphatic carbocycles. The van der Waals surface area contributed by atoms with Crippen molar-refractivity contribution in [2.24, 2.45) is 0 Å². The summed E-state index contributed by atoms with van der Waals surface area (Å²) in [6, 6.07) is 4.40. The number of piperidine rings is 1. The normalized spacial score (nSPS) is 21.7. The minimum absolute atomic E-state index is 0.176. The van der Waals surface area contributed by atoms with Crippen LogP contribution in [0.2, 0.25) is 5.02 Å². The van der Waals surface area contributed by atoms with Gasteiger partial charge in [0, 0.05) is 25.6 Å². The van der Waals surface area contributed by atoms with E-state index in [0.29, 0.717) is 42.2 Å². The zero-order valence-corrected chi connectivity index (χ0v) is 16.0. The van der Waals surface area contributed by atoms with Gasteiger partial charge in [0.15, 0.2) is 11.5 Å². The van der Waals surface area contributed by atoms with E-state index in [0.717, 1.165) is 37.9 Å². The van der Waals surface area contributed by atoms with Gasteiger partial charge in [0.2, 0.25) is 5.91 Å². The summed E-state index contributed by atoms with van der Waals surface area (Å²) in [6.07, 6.45) is 6.03. The molecule has 0 spiro atoms. The molecular weight excluding hydrogens is 352 g/mol. The summed E-state index contributed by atoms with van der Waals surface area (Å²) in [6.45, 7) is 5.40. The number of rotatable bonds is 3. The van der Waals surface area contributed by atoms with Crippen LogP contribution in [0.1, 0.15) is 37.7 Å². The Balaban J connectivity index is 1.36. The van der Waals surface area contributed by atoms with E-state index in [1.807, 2.05) is 17.0 Å². The summed E-state index contributed by atoms with van der Waals surface area (Å²) >= 11 is 6.35. The van der Waals surface area contributed by atoms with Crippen LogP contribution in [0.4, 0.5) is 0 Å². The zero-order valence-electron chi connectivity index (χ0n) is 15.2. The molecule has 0 bridgehead atoms. The smallest absolute Gasteiger partial charge is 0.226 e. The second kappa shape index (κ2) is 8.05. The van der Waals surface area contributed by atoms with E-state index in [4.69, 9.17) is 21.1 Å². The van der Waals surface area contributed by atoms with E-state index in [9.17, 15) is 4.79 Å². The number of benzene rings is 1. The molecule has 0 N–H and O–H groups in total. The van der Waals surface area contributed by atoms with Crippen molar-refractivity contribution in [3.63, 3.8) is 0 Å². The highest BCUT2D eigenvalue weighted by atomic mass is 35.5. The van der Waals surface area contributed by atoms with Gasteiger partial charge in [0.25, 0.3) is 0 Å². The van der Waals surface area contributed by atoms with Gasteiger partial charge in [0.1, 0.15) is 0 Å². The molecule has 1 aromatic carbocycles. The molecule has 5 nitrogen and oxygen atoms in total. The summed E-state index contributed by atoms with van der Waals surface area (Å²) in [4.78, 5) is 17.3. The van der Waals surface area contributed by atoms with Gasteiger partial charge in [-0.3, -0.25) is 4.79 Å². The fourth-order valence-corrected chi connectivity index (χ4v) is 4.55. The third-order valence-corrected chi connectivity index (χ3v) is 5.97. The van der Waals surface area contributed by atoms with Gasteiger partial charge in [-0.25, -0.2) is 0 Å². The second-order valence-electron chi connectivity index (χ2n) is 7.49. The molecule has 3 heterocycles. The van der Waals surface area contributed by atoms with E-state index in [1.54, 1.807) is 0 Å². The Morgan fingerprint density at radius 3 is 2.54 bits per heavy atom. The van der Waals surface area contributed by atoms with Gasteiger partial charge in [-0.1, -0.05) is 11.6 Å². The van der Waals surface area contributed by atoms with E-state index in [-0.39, 0.29) is 5.91 Å². The third kappa shape index (κ3) is 3.94. The van der Waals surface area contributed by atoms with Crippen LogP contribution in [0, 0.1) is 0 Å². The fraction of sp³-hybridized carbons (Fsp3) is 0.650. The number of likely N-dealkylation sites (tertiary alicyclic amines) is 2. The van der Waals surface area contributed by atoms with Crippen LogP contribution in [0.15, 0.2) is 12.1 Å². The maximum atomic E-state index is 12.7. The summed E-state index contributed by atoms with van der Waals surface area (Å²) in [5.41, 5.74) is 0.894. The van der Waals surface area contributed by atoms with Crippen molar-refractivity contribution < 1.29 is 14.3 Å². The van der Waals surface area contributed by atoms with E-state index in [1.165, 1.54) is 25.9 Å². The number of ether oxygens (including phenoxy) is 2.